The SMILES string of the molecule is CCC(=O)c1ccc(O)c2c1CC(CC(CCO)C(CO)C(=O)CC(C)=O)CC2=O. The molecule has 2 rings (SSSR count). The minimum Gasteiger partial charge on any atom is -0.507 e. The molecule has 0 aliphatic heterocycles. The quantitative estimate of drug-likeness (QED) is 0.371. The smallest absolute Gasteiger partial charge is 0.167 e. The monoisotopic (exact) mass is 418 g/mol. The van der Waals surface area contributed by atoms with E-state index in [-0.39, 0.29) is 72.7 Å². The molecule has 0 aromatic heterocycles. The third kappa shape index (κ3) is 5.40. The number of carbonyl (C=O) groups excluding carboxylic acids is 4. The van der Waals surface area contributed by atoms with Gasteiger partial charge in [0.15, 0.2) is 11.6 Å². The van der Waals surface area contributed by atoms with Crippen LogP contribution in [0.2, 0.25) is 0 Å². The molecule has 1 aromatic carbocycles. The normalized spacial score (nSPS) is 17.9. The molecule has 0 amide bonds. The highest BCUT2D eigenvalue weighted by Gasteiger charge is 2.35. The number of benzene rings is 1. The molecule has 3 N–H and O–H groups in total. The van der Waals surface area contributed by atoms with E-state index in [1.165, 1.54) is 19.1 Å². The molecular weight excluding hydrogens is 388 g/mol. The maximum absolute atomic E-state index is 12.8. The summed E-state index contributed by atoms with van der Waals surface area (Å²) in [6.45, 7) is 2.41. The van der Waals surface area contributed by atoms with Gasteiger partial charge in [-0.2, -0.15) is 0 Å². The van der Waals surface area contributed by atoms with E-state index in [9.17, 15) is 34.5 Å². The summed E-state index contributed by atoms with van der Waals surface area (Å²) in [6.07, 6.45) is 1.17. The summed E-state index contributed by atoms with van der Waals surface area (Å²) in [4.78, 5) is 48.9. The van der Waals surface area contributed by atoms with Crippen LogP contribution < -0.4 is 0 Å². The summed E-state index contributed by atoms with van der Waals surface area (Å²) in [5.74, 6) is -2.57. The average molecular weight is 418 g/mol. The van der Waals surface area contributed by atoms with Crippen molar-refractivity contribution in [1.29, 1.82) is 0 Å². The topological polar surface area (TPSA) is 129 Å². The van der Waals surface area contributed by atoms with Gasteiger partial charge < -0.3 is 15.3 Å². The molecule has 7 nitrogen and oxygen atoms in total. The maximum Gasteiger partial charge on any atom is 0.167 e. The molecule has 3 atom stereocenters. The minimum atomic E-state index is -0.793. The largest absolute Gasteiger partial charge is 0.507 e. The van der Waals surface area contributed by atoms with Gasteiger partial charge in [-0.05, 0) is 55.7 Å². The third-order valence-electron chi connectivity index (χ3n) is 5.90. The first-order valence-electron chi connectivity index (χ1n) is 10.4. The summed E-state index contributed by atoms with van der Waals surface area (Å²) in [7, 11) is 0. The van der Waals surface area contributed by atoms with Crippen molar-refractivity contribution in [1.82, 2.24) is 0 Å². The van der Waals surface area contributed by atoms with Crippen molar-refractivity contribution in [2.24, 2.45) is 17.8 Å². The van der Waals surface area contributed by atoms with Crippen LogP contribution in [0, 0.1) is 17.8 Å². The Balaban J connectivity index is 2.31. The standard InChI is InChI=1S/C23H30O7/c1-3-19(27)16-4-5-20(28)23-17(16)10-14(11-22(23)30)9-15(6-7-24)18(12-25)21(29)8-13(2)26/h4-5,14-15,18,24-25,28H,3,6-12H2,1-2H3. The number of phenols is 1. The molecule has 1 aromatic rings. The van der Waals surface area contributed by atoms with Crippen LogP contribution in [0.3, 0.4) is 0 Å². The predicted molar refractivity (Wildman–Crippen MR) is 110 cm³/mol. The number of hydrogen-bond acceptors (Lipinski definition) is 7. The molecule has 164 valence electrons. The maximum atomic E-state index is 12.8. The van der Waals surface area contributed by atoms with Gasteiger partial charge in [0.1, 0.15) is 17.3 Å². The van der Waals surface area contributed by atoms with Crippen LogP contribution >= 0.6 is 0 Å². The number of rotatable bonds is 11. The summed E-state index contributed by atoms with van der Waals surface area (Å²) in [5, 5.41) is 29.4. The second-order valence-electron chi connectivity index (χ2n) is 8.10. The van der Waals surface area contributed by atoms with E-state index < -0.39 is 18.4 Å². The highest BCUT2D eigenvalue weighted by molar-refractivity contribution is 6.06. The molecule has 0 bridgehead atoms. The average Bonchev–Trinajstić information content (AvgIpc) is 2.67. The van der Waals surface area contributed by atoms with E-state index in [4.69, 9.17) is 0 Å². The first-order valence-corrected chi connectivity index (χ1v) is 10.4. The molecule has 7 heteroatoms. The zero-order chi connectivity index (χ0) is 22.4. The number of fused-ring (bicyclic) bond motifs is 1. The molecule has 0 radical (unpaired) electrons. The second-order valence-corrected chi connectivity index (χ2v) is 8.10. The lowest BCUT2D eigenvalue weighted by atomic mass is 9.72. The first-order chi connectivity index (χ1) is 14.2. The first kappa shape index (κ1) is 23.9. The van der Waals surface area contributed by atoms with Gasteiger partial charge in [-0.3, -0.25) is 19.2 Å². The molecule has 0 heterocycles. The Kier molecular flexibility index (Phi) is 8.43. The number of phenolic OH excluding ortho intramolecular Hbond substituents is 1. The Morgan fingerprint density at radius 3 is 2.43 bits per heavy atom. The number of Topliss-reactive ketones (excluding diaryl/α,β-unsaturated/α-hetero) is 4. The molecule has 3 unspecified atom stereocenters. The van der Waals surface area contributed by atoms with Crippen LogP contribution in [0.15, 0.2) is 12.1 Å². The van der Waals surface area contributed by atoms with Gasteiger partial charge in [-0.25, -0.2) is 0 Å². The van der Waals surface area contributed by atoms with Crippen molar-refractivity contribution < 1.29 is 34.5 Å². The van der Waals surface area contributed by atoms with Crippen LogP contribution in [0.1, 0.15) is 72.2 Å². The van der Waals surface area contributed by atoms with E-state index in [1.807, 2.05) is 0 Å². The number of aromatic hydroxyl groups is 1. The predicted octanol–water partition coefficient (Wildman–Crippen LogP) is 2.28. The Morgan fingerprint density at radius 1 is 1.17 bits per heavy atom. The number of carbonyl (C=O) groups is 4. The van der Waals surface area contributed by atoms with Gasteiger partial charge >= 0.3 is 0 Å². The van der Waals surface area contributed by atoms with Gasteiger partial charge in [-0.15, -0.1) is 0 Å². The highest BCUT2D eigenvalue weighted by atomic mass is 16.3. The van der Waals surface area contributed by atoms with E-state index >= 15 is 0 Å². The van der Waals surface area contributed by atoms with Crippen LogP contribution in [0.5, 0.6) is 5.75 Å². The van der Waals surface area contributed by atoms with Crippen molar-refractivity contribution >= 4 is 23.1 Å². The number of ketones is 4. The van der Waals surface area contributed by atoms with Crippen LogP contribution in [0.4, 0.5) is 0 Å². The second kappa shape index (κ2) is 10.6. The Labute approximate surface area is 176 Å². The Morgan fingerprint density at radius 2 is 1.87 bits per heavy atom. The zero-order valence-electron chi connectivity index (χ0n) is 17.5. The Hall–Kier alpha value is -2.38. The molecule has 0 fully saturated rings. The summed E-state index contributed by atoms with van der Waals surface area (Å²) in [6, 6.07) is 2.91. The lowest BCUT2D eigenvalue weighted by molar-refractivity contribution is -0.131. The van der Waals surface area contributed by atoms with Gasteiger partial charge in [0.25, 0.3) is 0 Å². The Bertz CT molecular complexity index is 827. The van der Waals surface area contributed by atoms with Crippen molar-refractivity contribution in [3.63, 3.8) is 0 Å². The zero-order valence-corrected chi connectivity index (χ0v) is 17.5. The molecule has 0 saturated heterocycles. The third-order valence-corrected chi connectivity index (χ3v) is 5.90. The fourth-order valence-corrected chi connectivity index (χ4v) is 4.47. The number of aliphatic hydroxyl groups is 2. The molecule has 1 aliphatic carbocycles. The van der Waals surface area contributed by atoms with Crippen molar-refractivity contribution in [2.45, 2.75) is 52.4 Å². The van der Waals surface area contributed by atoms with Crippen LogP contribution in [-0.2, 0) is 16.0 Å². The molecule has 30 heavy (non-hydrogen) atoms. The fourth-order valence-electron chi connectivity index (χ4n) is 4.47. The van der Waals surface area contributed by atoms with Crippen molar-refractivity contribution in [3.05, 3.63) is 28.8 Å². The number of aliphatic hydroxyl groups excluding tert-OH is 2. The summed E-state index contributed by atoms with van der Waals surface area (Å²) >= 11 is 0. The molecular formula is C23H30O7. The van der Waals surface area contributed by atoms with Gasteiger partial charge in [0.2, 0.25) is 0 Å². The highest BCUT2D eigenvalue weighted by Crippen LogP contribution is 2.38. The lowest BCUT2D eigenvalue weighted by Crippen LogP contribution is -2.32. The van der Waals surface area contributed by atoms with Gasteiger partial charge in [-0.1, -0.05) is 6.92 Å². The number of hydrogen-bond donors (Lipinski definition) is 3. The molecule has 0 saturated carbocycles. The van der Waals surface area contributed by atoms with Gasteiger partial charge in [0.05, 0.1) is 18.6 Å². The summed E-state index contributed by atoms with van der Waals surface area (Å²) in [5.41, 5.74) is 1.14. The van der Waals surface area contributed by atoms with Crippen LogP contribution in [0.25, 0.3) is 0 Å². The minimum absolute atomic E-state index is 0.114. The van der Waals surface area contributed by atoms with E-state index in [2.05, 4.69) is 0 Å². The molecule has 0 spiro atoms. The van der Waals surface area contributed by atoms with Crippen LogP contribution in [-0.4, -0.2) is 51.7 Å². The fraction of sp³-hybridized carbons (Fsp3) is 0.565. The van der Waals surface area contributed by atoms with E-state index in [0.717, 1.165) is 0 Å². The summed E-state index contributed by atoms with van der Waals surface area (Å²) < 4.78 is 0. The van der Waals surface area contributed by atoms with Gasteiger partial charge in [0, 0.05) is 30.9 Å². The van der Waals surface area contributed by atoms with E-state index in [1.54, 1.807) is 6.92 Å². The van der Waals surface area contributed by atoms with Crippen molar-refractivity contribution in [3.8, 4) is 5.75 Å². The van der Waals surface area contributed by atoms with E-state index in [0.29, 0.717) is 24.0 Å². The molecule has 1 aliphatic rings. The van der Waals surface area contributed by atoms with Crippen molar-refractivity contribution in [2.75, 3.05) is 13.2 Å². The lowest BCUT2D eigenvalue weighted by Gasteiger charge is -2.31.